The number of halogens is 1. The summed E-state index contributed by atoms with van der Waals surface area (Å²) in [6, 6.07) is 5.86. The van der Waals surface area contributed by atoms with Crippen molar-refractivity contribution < 1.29 is 4.42 Å². The number of furan rings is 1. The highest BCUT2D eigenvalue weighted by Gasteiger charge is 2.08. The van der Waals surface area contributed by atoms with E-state index in [0.29, 0.717) is 11.3 Å². The van der Waals surface area contributed by atoms with Gasteiger partial charge in [0.05, 0.1) is 12.1 Å². The number of rotatable bonds is 2. The predicted octanol–water partition coefficient (Wildman–Crippen LogP) is 3.81. The Kier molecular flexibility index (Phi) is 2.83. The fourth-order valence-electron chi connectivity index (χ4n) is 1.89. The zero-order valence-corrected chi connectivity index (χ0v) is 12.0. The fraction of sp³-hybridized carbons (Fsp3) is 0.167. The number of nitrogens with zero attached hydrogens (tertiary/aromatic N) is 2. The van der Waals surface area contributed by atoms with Gasteiger partial charge in [-0.1, -0.05) is 0 Å². The Bertz CT molecular complexity index is 771. The third kappa shape index (κ3) is 2.02. The van der Waals surface area contributed by atoms with Crippen molar-refractivity contribution in [2.75, 3.05) is 0 Å². The molecule has 18 heavy (non-hydrogen) atoms. The summed E-state index contributed by atoms with van der Waals surface area (Å²) >= 11 is 8.70. The molecule has 0 aromatic carbocycles. The Labute approximate surface area is 117 Å². The number of aromatic amines is 1. The molecule has 3 aromatic heterocycles. The molecule has 0 bridgehead atoms. The lowest BCUT2D eigenvalue weighted by Crippen LogP contribution is -1.99. The highest BCUT2D eigenvalue weighted by Crippen LogP contribution is 2.18. The number of nitrogens with one attached hydrogen (secondary N) is 1. The lowest BCUT2D eigenvalue weighted by atomic mass is 10.4. The van der Waals surface area contributed by atoms with Gasteiger partial charge in [0.1, 0.15) is 11.5 Å². The molecular weight excluding hydrogens is 314 g/mol. The number of hydrogen-bond donors (Lipinski definition) is 1. The number of fused-ring (bicyclic) bond motifs is 1. The number of hydrogen-bond acceptors (Lipinski definition) is 3. The topological polar surface area (TPSA) is 46.8 Å². The molecule has 0 saturated carbocycles. The second kappa shape index (κ2) is 4.37. The first-order chi connectivity index (χ1) is 8.63. The van der Waals surface area contributed by atoms with E-state index >= 15 is 0 Å². The molecule has 0 aliphatic rings. The van der Waals surface area contributed by atoms with Crippen molar-refractivity contribution in [1.29, 1.82) is 0 Å². The normalized spacial score (nSPS) is 11.2. The number of aryl methyl sites for hydroxylation is 1. The van der Waals surface area contributed by atoms with Crippen molar-refractivity contribution in [3.63, 3.8) is 0 Å². The number of aromatic nitrogens is 3. The Morgan fingerprint density at radius 3 is 3.06 bits per heavy atom. The molecule has 0 radical (unpaired) electrons. The molecule has 1 N–H and O–H groups in total. The minimum atomic E-state index is 0.585. The van der Waals surface area contributed by atoms with Crippen molar-refractivity contribution in [3.8, 4) is 0 Å². The first-order valence-electron chi connectivity index (χ1n) is 5.43. The van der Waals surface area contributed by atoms with E-state index in [2.05, 4.69) is 25.9 Å². The molecule has 0 unspecified atom stereocenters. The molecule has 6 heteroatoms. The molecule has 3 aromatic rings. The summed E-state index contributed by atoms with van der Waals surface area (Å²) in [4.78, 5) is 7.52. The van der Waals surface area contributed by atoms with E-state index in [0.717, 1.165) is 27.2 Å². The van der Waals surface area contributed by atoms with Gasteiger partial charge in [0.15, 0.2) is 10.4 Å². The largest absolute Gasteiger partial charge is 0.464 e. The van der Waals surface area contributed by atoms with Gasteiger partial charge in [-0.05, 0) is 53.3 Å². The van der Waals surface area contributed by atoms with Gasteiger partial charge in [-0.3, -0.25) is 4.57 Å². The molecule has 92 valence electrons. The van der Waals surface area contributed by atoms with Gasteiger partial charge in [0.2, 0.25) is 0 Å². The van der Waals surface area contributed by atoms with Crippen LogP contribution in [0.25, 0.3) is 11.2 Å². The van der Waals surface area contributed by atoms with Crippen LogP contribution in [0.1, 0.15) is 11.5 Å². The van der Waals surface area contributed by atoms with E-state index < -0.39 is 0 Å². The van der Waals surface area contributed by atoms with Crippen molar-refractivity contribution in [2.24, 2.45) is 0 Å². The number of imidazole rings is 1. The summed E-state index contributed by atoms with van der Waals surface area (Å²) in [6.45, 7) is 2.51. The smallest absolute Gasteiger partial charge is 0.179 e. The van der Waals surface area contributed by atoms with Crippen LogP contribution in [0.2, 0.25) is 0 Å². The van der Waals surface area contributed by atoms with E-state index in [1.54, 1.807) is 6.20 Å². The van der Waals surface area contributed by atoms with Gasteiger partial charge in [0.25, 0.3) is 0 Å². The van der Waals surface area contributed by atoms with Crippen LogP contribution in [0, 0.1) is 11.7 Å². The van der Waals surface area contributed by atoms with Crippen molar-refractivity contribution >= 4 is 39.3 Å². The van der Waals surface area contributed by atoms with Crippen LogP contribution >= 0.6 is 28.1 Å². The molecule has 0 atom stereocenters. The van der Waals surface area contributed by atoms with Crippen molar-refractivity contribution in [1.82, 2.24) is 14.5 Å². The third-order valence-corrected chi connectivity index (χ3v) is 3.44. The molecular formula is C12H10BrN3OS. The van der Waals surface area contributed by atoms with Crippen LogP contribution in [-0.4, -0.2) is 14.5 Å². The van der Waals surface area contributed by atoms with Crippen LogP contribution in [0.5, 0.6) is 0 Å². The van der Waals surface area contributed by atoms with E-state index in [9.17, 15) is 0 Å². The standard InChI is InChI=1S/C12H10BrN3OS/c1-7-2-3-9(17-7)6-16-11-10(15-12(16)18)4-8(13)5-14-11/h2-5H,6H2,1H3,(H,15,18). The first kappa shape index (κ1) is 11.7. The molecule has 0 fully saturated rings. The summed E-state index contributed by atoms with van der Waals surface area (Å²) < 4.78 is 9.06. The summed E-state index contributed by atoms with van der Waals surface area (Å²) in [6.07, 6.45) is 1.76. The average molecular weight is 324 g/mol. The summed E-state index contributed by atoms with van der Waals surface area (Å²) in [7, 11) is 0. The van der Waals surface area contributed by atoms with E-state index in [-0.39, 0.29) is 0 Å². The summed E-state index contributed by atoms with van der Waals surface area (Å²) in [5.74, 6) is 1.77. The van der Waals surface area contributed by atoms with Crippen LogP contribution in [-0.2, 0) is 6.54 Å². The van der Waals surface area contributed by atoms with Crippen molar-refractivity contribution in [2.45, 2.75) is 13.5 Å². The van der Waals surface area contributed by atoms with Gasteiger partial charge in [0, 0.05) is 10.7 Å². The monoisotopic (exact) mass is 323 g/mol. The average Bonchev–Trinajstić information content (AvgIpc) is 2.84. The van der Waals surface area contributed by atoms with Gasteiger partial charge in [-0.15, -0.1) is 0 Å². The van der Waals surface area contributed by atoms with E-state index in [1.165, 1.54) is 0 Å². The van der Waals surface area contributed by atoms with Gasteiger partial charge in [-0.2, -0.15) is 0 Å². The quantitative estimate of drug-likeness (QED) is 0.729. The van der Waals surface area contributed by atoms with E-state index in [1.807, 2.05) is 29.7 Å². The number of pyridine rings is 1. The Morgan fingerprint density at radius 1 is 1.50 bits per heavy atom. The zero-order valence-electron chi connectivity index (χ0n) is 9.61. The van der Waals surface area contributed by atoms with Crippen LogP contribution in [0.15, 0.2) is 33.3 Å². The van der Waals surface area contributed by atoms with Gasteiger partial charge in [-0.25, -0.2) is 4.98 Å². The molecule has 3 heterocycles. The highest BCUT2D eigenvalue weighted by atomic mass is 79.9. The Hall–Kier alpha value is -1.40. The lowest BCUT2D eigenvalue weighted by molar-refractivity contribution is 0.471. The fourth-order valence-corrected chi connectivity index (χ4v) is 2.48. The summed E-state index contributed by atoms with van der Waals surface area (Å²) in [5.41, 5.74) is 1.75. The lowest BCUT2D eigenvalue weighted by Gasteiger charge is -2.00. The molecule has 0 aliphatic heterocycles. The van der Waals surface area contributed by atoms with Crippen LogP contribution in [0.3, 0.4) is 0 Å². The van der Waals surface area contributed by atoms with Gasteiger partial charge >= 0.3 is 0 Å². The van der Waals surface area contributed by atoms with E-state index in [4.69, 9.17) is 16.6 Å². The summed E-state index contributed by atoms with van der Waals surface area (Å²) in [5, 5.41) is 0. The molecule has 0 saturated heterocycles. The minimum absolute atomic E-state index is 0.585. The highest BCUT2D eigenvalue weighted by molar-refractivity contribution is 9.10. The maximum atomic E-state index is 5.57. The molecule has 0 aliphatic carbocycles. The van der Waals surface area contributed by atoms with Crippen LogP contribution in [0.4, 0.5) is 0 Å². The van der Waals surface area contributed by atoms with Crippen LogP contribution < -0.4 is 0 Å². The molecule has 4 nitrogen and oxygen atoms in total. The molecule has 0 amide bonds. The maximum Gasteiger partial charge on any atom is 0.179 e. The first-order valence-corrected chi connectivity index (χ1v) is 6.63. The third-order valence-electron chi connectivity index (χ3n) is 2.69. The zero-order chi connectivity index (χ0) is 12.7. The molecule has 3 rings (SSSR count). The number of H-pyrrole nitrogens is 1. The Morgan fingerprint density at radius 2 is 2.33 bits per heavy atom. The van der Waals surface area contributed by atoms with Crippen molar-refractivity contribution in [3.05, 3.63) is 45.2 Å². The maximum absolute atomic E-state index is 5.57. The second-order valence-corrected chi connectivity index (χ2v) is 5.36. The minimum Gasteiger partial charge on any atom is -0.464 e. The Balaban J connectivity index is 2.11. The second-order valence-electron chi connectivity index (χ2n) is 4.05. The predicted molar refractivity (Wildman–Crippen MR) is 75.2 cm³/mol. The van der Waals surface area contributed by atoms with Gasteiger partial charge < -0.3 is 9.40 Å². The SMILES string of the molecule is Cc1ccc(Cn2c(=S)[nH]c3cc(Br)cnc32)o1. The molecule has 0 spiro atoms.